The number of hydrogen-bond acceptors (Lipinski definition) is 5. The molecule has 2 aromatic rings. The molecule has 1 aliphatic carbocycles. The summed E-state index contributed by atoms with van der Waals surface area (Å²) in [7, 11) is 0. The molecule has 100 valence electrons. The second kappa shape index (κ2) is 5.22. The van der Waals surface area contributed by atoms with E-state index in [4.69, 9.17) is 0 Å². The summed E-state index contributed by atoms with van der Waals surface area (Å²) in [6, 6.07) is 6.29. The standard InChI is InChI=1S/C12H13BrN4OS/c1-7(18)8-2-5-11(10(13)6-8)19-12-14-15-16-17(12)9-3-4-9/h2,5-7,9,18H,3-4H2,1H3/t7-/m0/s1. The first-order chi connectivity index (χ1) is 9.15. The predicted molar refractivity (Wildman–Crippen MR) is 75.0 cm³/mol. The van der Waals surface area contributed by atoms with Crippen LogP contribution in [0.5, 0.6) is 0 Å². The molecule has 0 amide bonds. The maximum atomic E-state index is 9.56. The molecule has 7 heteroatoms. The van der Waals surface area contributed by atoms with Crippen LogP contribution in [0.4, 0.5) is 0 Å². The van der Waals surface area contributed by atoms with Crippen LogP contribution >= 0.6 is 27.7 Å². The van der Waals surface area contributed by atoms with Crippen molar-refractivity contribution in [2.75, 3.05) is 0 Å². The van der Waals surface area contributed by atoms with Gasteiger partial charge in [0.1, 0.15) is 0 Å². The molecule has 1 aromatic heterocycles. The summed E-state index contributed by atoms with van der Waals surface area (Å²) in [5.41, 5.74) is 0.887. The number of aromatic nitrogens is 4. The molecule has 1 aromatic carbocycles. The Morgan fingerprint density at radius 2 is 2.26 bits per heavy atom. The van der Waals surface area contributed by atoms with E-state index in [1.807, 2.05) is 22.9 Å². The van der Waals surface area contributed by atoms with E-state index in [-0.39, 0.29) is 0 Å². The molecule has 19 heavy (non-hydrogen) atoms. The topological polar surface area (TPSA) is 63.8 Å². The first-order valence-electron chi connectivity index (χ1n) is 6.08. The molecule has 1 N–H and O–H groups in total. The summed E-state index contributed by atoms with van der Waals surface area (Å²) >= 11 is 5.06. The van der Waals surface area contributed by atoms with Gasteiger partial charge >= 0.3 is 0 Å². The van der Waals surface area contributed by atoms with Crippen molar-refractivity contribution in [2.45, 2.75) is 42.0 Å². The molecule has 5 nitrogen and oxygen atoms in total. The van der Waals surface area contributed by atoms with Crippen LogP contribution in [0.3, 0.4) is 0 Å². The summed E-state index contributed by atoms with van der Waals surface area (Å²) in [5, 5.41) is 22.2. The third kappa shape index (κ3) is 2.82. The Labute approximate surface area is 123 Å². The number of nitrogens with zero attached hydrogens (tertiary/aromatic N) is 4. The number of rotatable bonds is 4. The molecule has 3 rings (SSSR count). The largest absolute Gasteiger partial charge is 0.389 e. The lowest BCUT2D eigenvalue weighted by molar-refractivity contribution is 0.199. The van der Waals surface area contributed by atoms with E-state index in [0.717, 1.165) is 32.9 Å². The van der Waals surface area contributed by atoms with Crippen molar-refractivity contribution in [3.8, 4) is 0 Å². The van der Waals surface area contributed by atoms with Crippen LogP contribution < -0.4 is 0 Å². The second-order valence-corrected chi connectivity index (χ2v) is 6.47. The maximum Gasteiger partial charge on any atom is 0.214 e. The van der Waals surface area contributed by atoms with Crippen molar-refractivity contribution in [2.24, 2.45) is 0 Å². The normalized spacial score (nSPS) is 16.6. The summed E-state index contributed by atoms with van der Waals surface area (Å²) < 4.78 is 2.83. The average Bonchev–Trinajstić information content (AvgIpc) is 3.12. The van der Waals surface area contributed by atoms with Crippen LogP contribution in [-0.2, 0) is 0 Å². The zero-order valence-corrected chi connectivity index (χ0v) is 12.7. The zero-order chi connectivity index (χ0) is 13.4. The second-order valence-electron chi connectivity index (χ2n) is 4.61. The fourth-order valence-electron chi connectivity index (χ4n) is 1.76. The van der Waals surface area contributed by atoms with Crippen LogP contribution in [0.2, 0.25) is 0 Å². The molecule has 1 fully saturated rings. The number of benzene rings is 1. The minimum atomic E-state index is -0.466. The highest BCUT2D eigenvalue weighted by molar-refractivity contribution is 9.10. The molecule has 0 radical (unpaired) electrons. The number of hydrogen-bond donors (Lipinski definition) is 1. The monoisotopic (exact) mass is 340 g/mol. The molecular weight excluding hydrogens is 328 g/mol. The Hall–Kier alpha value is -0.920. The SMILES string of the molecule is C[C@H](O)c1ccc(Sc2nnnn2C2CC2)c(Br)c1. The summed E-state index contributed by atoms with van der Waals surface area (Å²) in [4.78, 5) is 1.04. The number of halogens is 1. The smallest absolute Gasteiger partial charge is 0.214 e. The van der Waals surface area contributed by atoms with Gasteiger partial charge in [-0.25, -0.2) is 4.68 Å². The van der Waals surface area contributed by atoms with Gasteiger partial charge < -0.3 is 5.11 Å². The van der Waals surface area contributed by atoms with Crippen LogP contribution in [0.15, 0.2) is 32.7 Å². The molecule has 1 heterocycles. The Kier molecular flexibility index (Phi) is 3.60. The summed E-state index contributed by atoms with van der Waals surface area (Å²) in [6.45, 7) is 1.75. The molecule has 0 bridgehead atoms. The van der Waals surface area contributed by atoms with Crippen molar-refractivity contribution >= 4 is 27.7 Å². The Balaban J connectivity index is 1.84. The summed E-state index contributed by atoms with van der Waals surface area (Å²) in [6.07, 6.45) is 1.84. The van der Waals surface area contributed by atoms with Crippen LogP contribution in [0.1, 0.15) is 37.5 Å². The minimum Gasteiger partial charge on any atom is -0.389 e. The molecule has 0 unspecified atom stereocenters. The first-order valence-corrected chi connectivity index (χ1v) is 7.69. The van der Waals surface area contributed by atoms with Crippen molar-refractivity contribution in [3.05, 3.63) is 28.2 Å². The molecule has 0 spiro atoms. The van der Waals surface area contributed by atoms with Gasteiger partial charge in [0.2, 0.25) is 5.16 Å². The van der Waals surface area contributed by atoms with Gasteiger partial charge in [-0.3, -0.25) is 0 Å². The van der Waals surface area contributed by atoms with Gasteiger partial charge in [-0.1, -0.05) is 6.07 Å². The van der Waals surface area contributed by atoms with Gasteiger partial charge in [-0.15, -0.1) is 5.10 Å². The fourth-order valence-corrected chi connectivity index (χ4v) is 3.24. The van der Waals surface area contributed by atoms with Gasteiger partial charge in [0.15, 0.2) is 0 Å². The van der Waals surface area contributed by atoms with Gasteiger partial charge in [-0.05, 0) is 75.6 Å². The number of tetrazole rings is 1. The lowest BCUT2D eigenvalue weighted by Crippen LogP contribution is -1.98. The highest BCUT2D eigenvalue weighted by Gasteiger charge is 2.28. The van der Waals surface area contributed by atoms with E-state index in [2.05, 4.69) is 31.5 Å². The van der Waals surface area contributed by atoms with Crippen molar-refractivity contribution in [3.63, 3.8) is 0 Å². The van der Waals surface area contributed by atoms with Crippen molar-refractivity contribution in [1.82, 2.24) is 20.2 Å². The Morgan fingerprint density at radius 3 is 2.89 bits per heavy atom. The van der Waals surface area contributed by atoms with Crippen LogP contribution in [0.25, 0.3) is 0 Å². The summed E-state index contributed by atoms with van der Waals surface area (Å²) in [5.74, 6) is 0. The maximum absolute atomic E-state index is 9.56. The van der Waals surface area contributed by atoms with Crippen molar-refractivity contribution < 1.29 is 5.11 Å². The lowest BCUT2D eigenvalue weighted by Gasteiger charge is -2.08. The highest BCUT2D eigenvalue weighted by Crippen LogP contribution is 2.39. The fraction of sp³-hybridized carbons (Fsp3) is 0.417. The molecule has 0 aliphatic heterocycles. The molecule has 1 saturated carbocycles. The molecule has 0 saturated heterocycles. The van der Waals surface area contributed by atoms with Crippen LogP contribution in [0, 0.1) is 0 Å². The van der Waals surface area contributed by atoms with Crippen LogP contribution in [-0.4, -0.2) is 25.3 Å². The Morgan fingerprint density at radius 1 is 1.47 bits per heavy atom. The lowest BCUT2D eigenvalue weighted by atomic mass is 10.1. The highest BCUT2D eigenvalue weighted by atomic mass is 79.9. The molecule has 1 aliphatic rings. The van der Waals surface area contributed by atoms with Gasteiger partial charge in [0.25, 0.3) is 0 Å². The average molecular weight is 341 g/mol. The van der Waals surface area contributed by atoms with Gasteiger partial charge in [0, 0.05) is 9.37 Å². The molecular formula is C12H13BrN4OS. The van der Waals surface area contributed by atoms with E-state index in [1.54, 1.807) is 6.92 Å². The molecule has 1 atom stereocenters. The van der Waals surface area contributed by atoms with E-state index in [9.17, 15) is 5.11 Å². The number of aliphatic hydroxyl groups is 1. The third-order valence-corrected chi connectivity index (χ3v) is 4.94. The minimum absolute atomic E-state index is 0.466. The van der Waals surface area contributed by atoms with Gasteiger partial charge in [0.05, 0.1) is 12.1 Å². The van der Waals surface area contributed by atoms with E-state index >= 15 is 0 Å². The first kappa shape index (κ1) is 13.1. The Bertz CT molecular complexity index is 597. The third-order valence-electron chi connectivity index (χ3n) is 2.99. The van der Waals surface area contributed by atoms with E-state index in [1.165, 1.54) is 11.8 Å². The van der Waals surface area contributed by atoms with Gasteiger partial charge in [-0.2, -0.15) is 0 Å². The quantitative estimate of drug-likeness (QED) is 0.926. The van der Waals surface area contributed by atoms with E-state index in [0.29, 0.717) is 6.04 Å². The zero-order valence-electron chi connectivity index (χ0n) is 10.3. The number of aliphatic hydroxyl groups excluding tert-OH is 1. The van der Waals surface area contributed by atoms with E-state index < -0.39 is 6.10 Å². The van der Waals surface area contributed by atoms with Crippen molar-refractivity contribution in [1.29, 1.82) is 0 Å². The predicted octanol–water partition coefficient (Wildman–Crippen LogP) is 2.98.